The van der Waals surface area contributed by atoms with E-state index in [9.17, 15) is 0 Å². The summed E-state index contributed by atoms with van der Waals surface area (Å²) < 4.78 is 0. The highest BCUT2D eigenvalue weighted by molar-refractivity contribution is 7.13. The molecule has 2 atom stereocenters. The second kappa shape index (κ2) is 6.36. The maximum Gasteiger partial charge on any atom is 0.0631 e. The van der Waals surface area contributed by atoms with Crippen LogP contribution in [-0.4, -0.2) is 4.98 Å². The number of hydrogen-bond donors (Lipinski definition) is 2. The SMILES string of the molecule is C[C@H](c1ccccc1)C1(N)CCCc2c1[nH]c1ccc(-c3cccs3)cc21. The zero-order valence-corrected chi connectivity index (χ0v) is 16.4. The predicted molar refractivity (Wildman–Crippen MR) is 115 cm³/mol. The molecule has 1 aliphatic carbocycles. The summed E-state index contributed by atoms with van der Waals surface area (Å²) in [7, 11) is 0. The van der Waals surface area contributed by atoms with Gasteiger partial charge in [-0.15, -0.1) is 11.3 Å². The molecule has 136 valence electrons. The first kappa shape index (κ1) is 16.8. The van der Waals surface area contributed by atoms with Gasteiger partial charge in [0.05, 0.1) is 5.54 Å². The summed E-state index contributed by atoms with van der Waals surface area (Å²) in [6.45, 7) is 2.27. The number of benzene rings is 2. The maximum atomic E-state index is 7.11. The molecule has 1 unspecified atom stereocenters. The van der Waals surface area contributed by atoms with Crippen molar-refractivity contribution in [3.05, 3.63) is 82.9 Å². The second-order valence-corrected chi connectivity index (χ2v) is 8.69. The molecule has 3 N–H and O–H groups in total. The fourth-order valence-corrected chi connectivity index (χ4v) is 5.38. The normalized spacial score (nSPS) is 20.5. The Morgan fingerprint density at radius 2 is 1.93 bits per heavy atom. The summed E-state index contributed by atoms with van der Waals surface area (Å²) in [5.74, 6) is 0.266. The summed E-state index contributed by atoms with van der Waals surface area (Å²) in [6.07, 6.45) is 3.25. The zero-order valence-electron chi connectivity index (χ0n) is 15.5. The Morgan fingerprint density at radius 1 is 1.07 bits per heavy atom. The van der Waals surface area contributed by atoms with Crippen LogP contribution in [0.25, 0.3) is 21.3 Å². The van der Waals surface area contributed by atoms with E-state index < -0.39 is 0 Å². The van der Waals surface area contributed by atoms with Crippen LogP contribution in [0.1, 0.15) is 42.5 Å². The lowest BCUT2D eigenvalue weighted by molar-refractivity contribution is 0.310. The van der Waals surface area contributed by atoms with Gasteiger partial charge in [0.25, 0.3) is 0 Å². The van der Waals surface area contributed by atoms with Gasteiger partial charge in [0.2, 0.25) is 0 Å². The van der Waals surface area contributed by atoms with Gasteiger partial charge < -0.3 is 10.7 Å². The summed E-state index contributed by atoms with van der Waals surface area (Å²) in [4.78, 5) is 5.03. The van der Waals surface area contributed by atoms with Crippen LogP contribution in [0.4, 0.5) is 0 Å². The third kappa shape index (κ3) is 2.65. The van der Waals surface area contributed by atoms with E-state index in [0.29, 0.717) is 0 Å². The number of nitrogens with one attached hydrogen (secondary N) is 1. The van der Waals surface area contributed by atoms with Crippen LogP contribution in [0.15, 0.2) is 66.0 Å². The van der Waals surface area contributed by atoms with E-state index in [1.54, 1.807) is 11.3 Å². The number of fused-ring (bicyclic) bond motifs is 3. The van der Waals surface area contributed by atoms with Gasteiger partial charge in [-0.2, -0.15) is 0 Å². The van der Waals surface area contributed by atoms with Gasteiger partial charge >= 0.3 is 0 Å². The maximum absolute atomic E-state index is 7.11. The van der Waals surface area contributed by atoms with Gasteiger partial charge in [0.1, 0.15) is 0 Å². The smallest absolute Gasteiger partial charge is 0.0631 e. The van der Waals surface area contributed by atoms with E-state index in [2.05, 4.69) is 78.0 Å². The standard InChI is InChI=1S/C24H24N2S/c1-16(17-7-3-2-4-8-17)24(25)13-5-9-19-20-15-18(22-10-6-14-27-22)11-12-21(20)26-23(19)24/h2-4,6-8,10-12,14-16,26H,5,9,13,25H2,1H3/t16-,24?/m1/s1. The van der Waals surface area contributed by atoms with E-state index in [-0.39, 0.29) is 11.5 Å². The van der Waals surface area contributed by atoms with Crippen molar-refractivity contribution < 1.29 is 0 Å². The van der Waals surface area contributed by atoms with Crippen molar-refractivity contribution in [1.82, 2.24) is 4.98 Å². The van der Waals surface area contributed by atoms with Gasteiger partial charge in [-0.05, 0) is 59.5 Å². The fourth-order valence-electron chi connectivity index (χ4n) is 4.66. The van der Waals surface area contributed by atoms with E-state index in [1.807, 2.05) is 0 Å². The lowest BCUT2D eigenvalue weighted by atomic mass is 9.71. The molecule has 2 aromatic carbocycles. The predicted octanol–water partition coefficient (Wildman–Crippen LogP) is 6.19. The van der Waals surface area contributed by atoms with Gasteiger partial charge in [0.15, 0.2) is 0 Å². The average molecular weight is 373 g/mol. The minimum Gasteiger partial charge on any atom is -0.357 e. The molecule has 4 aromatic rings. The van der Waals surface area contributed by atoms with Crippen molar-refractivity contribution in [2.24, 2.45) is 5.73 Å². The van der Waals surface area contributed by atoms with Crippen molar-refractivity contribution in [2.75, 3.05) is 0 Å². The topological polar surface area (TPSA) is 41.8 Å². The number of hydrogen-bond acceptors (Lipinski definition) is 2. The molecule has 0 spiro atoms. The first-order chi connectivity index (χ1) is 13.2. The Hall–Kier alpha value is -2.36. The molecular weight excluding hydrogens is 348 g/mol. The number of H-pyrrole nitrogens is 1. The summed E-state index contributed by atoms with van der Waals surface area (Å²) in [5, 5.41) is 3.48. The minimum atomic E-state index is -0.350. The van der Waals surface area contributed by atoms with Crippen LogP contribution in [0.2, 0.25) is 0 Å². The molecule has 2 nitrogen and oxygen atoms in total. The molecule has 5 rings (SSSR count). The molecule has 0 fully saturated rings. The first-order valence-corrected chi connectivity index (χ1v) is 10.6. The van der Waals surface area contributed by atoms with Crippen LogP contribution >= 0.6 is 11.3 Å². The number of aryl methyl sites for hydroxylation is 1. The Kier molecular flexibility index (Phi) is 3.96. The van der Waals surface area contributed by atoms with Crippen LogP contribution in [-0.2, 0) is 12.0 Å². The largest absolute Gasteiger partial charge is 0.357 e. The number of thiophene rings is 1. The summed E-state index contributed by atoms with van der Waals surface area (Å²) in [6, 6.07) is 21.8. The van der Waals surface area contributed by atoms with Crippen molar-refractivity contribution in [1.29, 1.82) is 0 Å². The summed E-state index contributed by atoms with van der Waals surface area (Å²) >= 11 is 1.79. The van der Waals surface area contributed by atoms with E-state index in [4.69, 9.17) is 5.73 Å². The van der Waals surface area contributed by atoms with Gasteiger partial charge in [-0.1, -0.05) is 49.4 Å². The lowest BCUT2D eigenvalue weighted by Gasteiger charge is -2.39. The molecular formula is C24H24N2S. The van der Waals surface area contributed by atoms with Crippen molar-refractivity contribution in [3.8, 4) is 10.4 Å². The number of nitrogens with two attached hydrogens (primary N) is 1. The molecule has 0 saturated carbocycles. The quantitative estimate of drug-likeness (QED) is 0.442. The van der Waals surface area contributed by atoms with Gasteiger partial charge in [-0.25, -0.2) is 0 Å². The van der Waals surface area contributed by atoms with Crippen LogP contribution in [0.3, 0.4) is 0 Å². The molecule has 2 heterocycles. The van der Waals surface area contributed by atoms with Crippen molar-refractivity contribution >= 4 is 22.2 Å². The number of rotatable bonds is 3. The number of aromatic amines is 1. The van der Waals surface area contributed by atoms with E-state index in [0.717, 1.165) is 19.3 Å². The second-order valence-electron chi connectivity index (χ2n) is 7.74. The Balaban J connectivity index is 1.65. The molecule has 0 aliphatic heterocycles. The van der Waals surface area contributed by atoms with Crippen molar-refractivity contribution in [3.63, 3.8) is 0 Å². The van der Waals surface area contributed by atoms with Crippen LogP contribution in [0.5, 0.6) is 0 Å². The fraction of sp³-hybridized carbons (Fsp3) is 0.250. The molecule has 3 heteroatoms. The molecule has 0 bridgehead atoms. The lowest BCUT2D eigenvalue weighted by Crippen LogP contribution is -2.44. The van der Waals surface area contributed by atoms with Gasteiger partial charge in [-0.3, -0.25) is 0 Å². The highest BCUT2D eigenvalue weighted by Crippen LogP contribution is 2.45. The Labute approximate surface area is 164 Å². The van der Waals surface area contributed by atoms with E-state index in [1.165, 1.54) is 38.2 Å². The molecule has 27 heavy (non-hydrogen) atoms. The third-order valence-electron chi connectivity index (χ3n) is 6.27. The first-order valence-electron chi connectivity index (χ1n) is 9.69. The average Bonchev–Trinajstić information content (AvgIpc) is 3.36. The molecule has 2 aromatic heterocycles. The minimum absolute atomic E-state index is 0.266. The van der Waals surface area contributed by atoms with Crippen LogP contribution < -0.4 is 5.73 Å². The Morgan fingerprint density at radius 3 is 2.70 bits per heavy atom. The highest BCUT2D eigenvalue weighted by atomic mass is 32.1. The number of aromatic nitrogens is 1. The van der Waals surface area contributed by atoms with Crippen molar-refractivity contribution in [2.45, 2.75) is 37.6 Å². The molecule has 1 aliphatic rings. The molecule has 0 saturated heterocycles. The molecule has 0 radical (unpaired) electrons. The zero-order chi connectivity index (χ0) is 18.4. The monoisotopic (exact) mass is 372 g/mol. The third-order valence-corrected chi connectivity index (χ3v) is 7.19. The van der Waals surface area contributed by atoms with E-state index >= 15 is 0 Å². The summed E-state index contributed by atoms with van der Waals surface area (Å²) in [5.41, 5.74) is 13.2. The highest BCUT2D eigenvalue weighted by Gasteiger charge is 2.40. The van der Waals surface area contributed by atoms with Crippen LogP contribution in [0, 0.1) is 0 Å². The Bertz CT molecular complexity index is 1080. The molecule has 0 amide bonds. The van der Waals surface area contributed by atoms with Gasteiger partial charge in [0, 0.05) is 27.4 Å².